The number of hydroxylamine groups is 2. The van der Waals surface area contributed by atoms with E-state index in [1.807, 2.05) is 0 Å². The largest absolute Gasteiger partial charge is 0.406 e. The van der Waals surface area contributed by atoms with E-state index in [0.29, 0.717) is 5.06 Å². The van der Waals surface area contributed by atoms with Crippen molar-refractivity contribution in [2.45, 2.75) is 30.5 Å². The zero-order valence-corrected chi connectivity index (χ0v) is 10.8. The Bertz CT molecular complexity index is 554. The molecule has 1 aliphatic heterocycles. The van der Waals surface area contributed by atoms with Gasteiger partial charge in [-0.05, 0) is 25.5 Å². The molecule has 1 saturated heterocycles. The van der Waals surface area contributed by atoms with Crippen LogP contribution in [0.5, 0.6) is 0 Å². The number of alkyl halides is 3. The van der Waals surface area contributed by atoms with E-state index in [4.69, 9.17) is 0 Å². The Morgan fingerprint density at radius 3 is 2.26 bits per heavy atom. The minimum atomic E-state index is -4.49. The fourth-order valence-corrected chi connectivity index (χ4v) is 2.64. The maximum atomic E-state index is 12.5. The zero-order chi connectivity index (χ0) is 14.3. The molecular formula is C11H12F3NO3S. The van der Waals surface area contributed by atoms with Crippen LogP contribution in [0.2, 0.25) is 0 Å². The van der Waals surface area contributed by atoms with Crippen LogP contribution in [0.3, 0.4) is 0 Å². The molecule has 2 rings (SSSR count). The van der Waals surface area contributed by atoms with E-state index >= 15 is 0 Å². The highest BCUT2D eigenvalue weighted by atomic mass is 32.2. The Kier molecular flexibility index (Phi) is 3.59. The normalized spacial score (nSPS) is 21.2. The van der Waals surface area contributed by atoms with Gasteiger partial charge in [-0.2, -0.15) is 30.9 Å². The second-order valence-electron chi connectivity index (χ2n) is 4.33. The topological polar surface area (TPSA) is 46.6 Å². The Morgan fingerprint density at radius 2 is 1.84 bits per heavy atom. The van der Waals surface area contributed by atoms with Crippen molar-refractivity contribution in [3.8, 4) is 0 Å². The lowest BCUT2D eigenvalue weighted by Crippen LogP contribution is -2.56. The molecule has 0 N–H and O–H groups in total. The molecule has 0 spiro atoms. The first kappa shape index (κ1) is 14.3. The highest BCUT2D eigenvalue weighted by Gasteiger charge is 2.51. The van der Waals surface area contributed by atoms with Crippen molar-refractivity contribution in [3.63, 3.8) is 0 Å². The molecule has 1 aromatic rings. The van der Waals surface area contributed by atoms with Crippen molar-refractivity contribution < 1.29 is 25.9 Å². The number of rotatable bonds is 3. The van der Waals surface area contributed by atoms with E-state index in [9.17, 15) is 21.6 Å². The average Bonchev–Trinajstić information content (AvgIpc) is 2.23. The van der Waals surface area contributed by atoms with Crippen molar-refractivity contribution in [3.05, 3.63) is 29.8 Å². The second kappa shape index (κ2) is 4.77. The van der Waals surface area contributed by atoms with Gasteiger partial charge >= 0.3 is 16.3 Å². The quantitative estimate of drug-likeness (QED) is 0.858. The van der Waals surface area contributed by atoms with E-state index in [1.54, 1.807) is 19.1 Å². The number of benzene rings is 1. The molecule has 1 heterocycles. The lowest BCUT2D eigenvalue weighted by molar-refractivity contribution is -0.275. The summed E-state index contributed by atoms with van der Waals surface area (Å²) in [5.41, 5.74) is 0.844. The molecule has 0 bridgehead atoms. The summed E-state index contributed by atoms with van der Waals surface area (Å²) in [6, 6.07) is 3.84. The third-order valence-corrected chi connectivity index (χ3v) is 4.09. The molecule has 1 atom stereocenters. The molecule has 0 saturated carbocycles. The van der Waals surface area contributed by atoms with Gasteiger partial charge < -0.3 is 0 Å². The molecule has 106 valence electrons. The van der Waals surface area contributed by atoms with E-state index in [-0.39, 0.29) is 17.9 Å². The summed E-state index contributed by atoms with van der Waals surface area (Å²) in [5, 5.41) is 0.454. The second-order valence-corrected chi connectivity index (χ2v) is 5.86. The number of nitrogens with zero attached hydrogens (tertiary/aromatic N) is 1. The number of hydrogen-bond donors (Lipinski definition) is 0. The van der Waals surface area contributed by atoms with Crippen LogP contribution in [0.1, 0.15) is 12.0 Å². The van der Waals surface area contributed by atoms with Crippen LogP contribution in [-0.2, 0) is 14.4 Å². The van der Waals surface area contributed by atoms with Gasteiger partial charge in [0.2, 0.25) is 0 Å². The Morgan fingerprint density at radius 1 is 1.26 bits per heavy atom. The molecular weight excluding hydrogens is 283 g/mol. The van der Waals surface area contributed by atoms with Crippen molar-refractivity contribution in [2.24, 2.45) is 0 Å². The first-order valence-electron chi connectivity index (χ1n) is 5.55. The summed E-state index contributed by atoms with van der Waals surface area (Å²) in [7, 11) is -4.20. The van der Waals surface area contributed by atoms with E-state index in [1.165, 1.54) is 12.1 Å². The molecule has 1 aromatic carbocycles. The number of aryl methyl sites for hydroxylation is 1. The van der Waals surface area contributed by atoms with Crippen molar-refractivity contribution >= 4 is 10.1 Å². The van der Waals surface area contributed by atoms with Gasteiger partial charge in [-0.3, -0.25) is 0 Å². The van der Waals surface area contributed by atoms with Crippen LogP contribution >= 0.6 is 0 Å². The molecule has 0 amide bonds. The van der Waals surface area contributed by atoms with Crippen LogP contribution in [0.4, 0.5) is 13.2 Å². The van der Waals surface area contributed by atoms with Gasteiger partial charge in [-0.15, -0.1) is 0 Å². The third kappa shape index (κ3) is 3.07. The number of hydrogen-bond acceptors (Lipinski definition) is 4. The van der Waals surface area contributed by atoms with Gasteiger partial charge in [-0.25, -0.2) is 0 Å². The van der Waals surface area contributed by atoms with Crippen molar-refractivity contribution in [1.82, 2.24) is 5.06 Å². The summed E-state index contributed by atoms with van der Waals surface area (Å²) in [6.45, 7) is 1.71. The zero-order valence-electron chi connectivity index (χ0n) is 10.0. The molecule has 0 aromatic heterocycles. The highest BCUT2D eigenvalue weighted by molar-refractivity contribution is 7.86. The van der Waals surface area contributed by atoms with Gasteiger partial charge in [0.15, 0.2) is 0 Å². The summed E-state index contributed by atoms with van der Waals surface area (Å²) < 4.78 is 65.5. The predicted octanol–water partition coefficient (Wildman–Crippen LogP) is 2.25. The molecule has 1 aliphatic rings. The first-order valence-corrected chi connectivity index (χ1v) is 6.95. The summed E-state index contributed by atoms with van der Waals surface area (Å²) in [6.07, 6.45) is -4.64. The summed E-state index contributed by atoms with van der Waals surface area (Å²) >= 11 is 0. The molecule has 0 unspecified atom stereocenters. The molecule has 0 radical (unpaired) electrons. The van der Waals surface area contributed by atoms with Crippen LogP contribution in [0.15, 0.2) is 29.2 Å². The van der Waals surface area contributed by atoms with Crippen LogP contribution in [-0.4, -0.2) is 32.2 Å². The van der Waals surface area contributed by atoms with Gasteiger partial charge in [0.1, 0.15) is 6.04 Å². The van der Waals surface area contributed by atoms with Gasteiger partial charge in [0.05, 0.1) is 4.90 Å². The first-order chi connectivity index (χ1) is 8.70. The fourth-order valence-electron chi connectivity index (χ4n) is 1.65. The SMILES string of the molecule is Cc1ccc(S(=O)(=O)ON2CC[C@H]2C(F)(F)F)cc1. The standard InChI is InChI=1S/C11H12F3NO3S/c1-8-2-4-9(5-3-8)19(16,17)18-15-7-6-10(15)11(12,13)14/h2-5,10H,6-7H2,1H3/t10-/m0/s1. The highest BCUT2D eigenvalue weighted by Crippen LogP contribution is 2.34. The Balaban J connectivity index is 2.12. The Hall–Kier alpha value is -1.12. The van der Waals surface area contributed by atoms with Crippen LogP contribution in [0.25, 0.3) is 0 Å². The third-order valence-electron chi connectivity index (χ3n) is 2.85. The van der Waals surface area contributed by atoms with Gasteiger partial charge in [0.25, 0.3) is 0 Å². The summed E-state index contributed by atoms with van der Waals surface area (Å²) in [4.78, 5) is -0.161. The van der Waals surface area contributed by atoms with Crippen molar-refractivity contribution in [2.75, 3.05) is 6.54 Å². The summed E-state index contributed by atoms with van der Waals surface area (Å²) in [5.74, 6) is 0. The minimum Gasteiger partial charge on any atom is -0.192 e. The maximum absolute atomic E-state index is 12.5. The Labute approximate surface area is 108 Å². The van der Waals surface area contributed by atoms with E-state index in [2.05, 4.69) is 4.28 Å². The molecule has 1 fully saturated rings. The van der Waals surface area contributed by atoms with Gasteiger partial charge in [-0.1, -0.05) is 17.7 Å². The minimum absolute atomic E-state index is 0.0602. The predicted molar refractivity (Wildman–Crippen MR) is 60.6 cm³/mol. The monoisotopic (exact) mass is 295 g/mol. The van der Waals surface area contributed by atoms with E-state index in [0.717, 1.165) is 5.56 Å². The molecule has 19 heavy (non-hydrogen) atoms. The van der Waals surface area contributed by atoms with Crippen LogP contribution < -0.4 is 0 Å². The molecule has 8 heteroatoms. The number of halogens is 3. The average molecular weight is 295 g/mol. The molecule has 0 aliphatic carbocycles. The smallest absolute Gasteiger partial charge is 0.192 e. The van der Waals surface area contributed by atoms with Crippen molar-refractivity contribution in [1.29, 1.82) is 0 Å². The maximum Gasteiger partial charge on any atom is 0.406 e. The van der Waals surface area contributed by atoms with Crippen LogP contribution in [0, 0.1) is 6.92 Å². The lowest BCUT2D eigenvalue weighted by Gasteiger charge is -2.39. The van der Waals surface area contributed by atoms with Gasteiger partial charge in [0, 0.05) is 6.54 Å². The lowest BCUT2D eigenvalue weighted by atomic mass is 10.1. The molecule has 4 nitrogen and oxygen atoms in total. The fraction of sp³-hybridized carbons (Fsp3) is 0.455. The van der Waals surface area contributed by atoms with E-state index < -0.39 is 22.3 Å².